The van der Waals surface area contributed by atoms with Crippen LogP contribution >= 0.6 is 43.5 Å². The summed E-state index contributed by atoms with van der Waals surface area (Å²) in [4.78, 5) is 4.20. The molecule has 1 N–H and O–H groups in total. The summed E-state index contributed by atoms with van der Waals surface area (Å²) in [6.45, 7) is 0. The highest BCUT2D eigenvalue weighted by Gasteiger charge is 2.03. The Morgan fingerprint density at radius 1 is 1.12 bits per heavy atom. The van der Waals surface area contributed by atoms with Gasteiger partial charge in [0.2, 0.25) is 0 Å². The summed E-state index contributed by atoms with van der Waals surface area (Å²) in [6.07, 6.45) is 1.70. The van der Waals surface area contributed by atoms with Crippen molar-refractivity contribution < 1.29 is 0 Å². The minimum absolute atomic E-state index is 0.578. The largest absolute Gasteiger partial charge is 0.339 e. The zero-order chi connectivity index (χ0) is 11.5. The van der Waals surface area contributed by atoms with E-state index in [1.165, 1.54) is 0 Å². The monoisotopic (exact) mass is 360 g/mol. The molecule has 2 rings (SSSR count). The van der Waals surface area contributed by atoms with Crippen LogP contribution in [0.15, 0.2) is 45.5 Å². The van der Waals surface area contributed by atoms with Gasteiger partial charge in [0.15, 0.2) is 0 Å². The quantitative estimate of drug-likeness (QED) is 0.813. The first-order valence-corrected chi connectivity index (χ1v) is 6.45. The van der Waals surface area contributed by atoms with E-state index in [1.807, 2.05) is 24.3 Å². The lowest BCUT2D eigenvalue weighted by molar-refractivity contribution is 1.29. The van der Waals surface area contributed by atoms with E-state index in [1.54, 1.807) is 12.3 Å². The Labute approximate surface area is 115 Å². The van der Waals surface area contributed by atoms with Gasteiger partial charge in [-0.2, -0.15) is 0 Å². The zero-order valence-electron chi connectivity index (χ0n) is 8.05. The summed E-state index contributed by atoms with van der Waals surface area (Å²) >= 11 is 12.8. The number of aromatic nitrogens is 1. The number of rotatable bonds is 2. The number of hydrogen-bond donors (Lipinski definition) is 1. The molecule has 1 heterocycles. The lowest BCUT2D eigenvalue weighted by atomic mass is 10.3. The fourth-order valence-corrected chi connectivity index (χ4v) is 2.29. The van der Waals surface area contributed by atoms with E-state index in [-0.39, 0.29) is 0 Å². The van der Waals surface area contributed by atoms with Gasteiger partial charge >= 0.3 is 0 Å². The molecule has 0 atom stereocenters. The zero-order valence-corrected chi connectivity index (χ0v) is 12.0. The van der Waals surface area contributed by atoms with Crippen molar-refractivity contribution in [2.24, 2.45) is 0 Å². The first kappa shape index (κ1) is 11.9. The van der Waals surface area contributed by atoms with Crippen molar-refractivity contribution in [3.63, 3.8) is 0 Å². The summed E-state index contributed by atoms with van der Waals surface area (Å²) in [5, 5.41) is 3.72. The van der Waals surface area contributed by atoms with Gasteiger partial charge in [0, 0.05) is 20.8 Å². The molecule has 0 saturated carbocycles. The van der Waals surface area contributed by atoms with Crippen LogP contribution in [0.3, 0.4) is 0 Å². The van der Waals surface area contributed by atoms with Crippen LogP contribution in [0.25, 0.3) is 0 Å². The molecular formula is C11H7Br2ClN2. The number of anilines is 2. The second-order valence-electron chi connectivity index (χ2n) is 3.12. The minimum atomic E-state index is 0.578. The van der Waals surface area contributed by atoms with Crippen molar-refractivity contribution in [2.45, 2.75) is 0 Å². The maximum Gasteiger partial charge on any atom is 0.149 e. The van der Waals surface area contributed by atoms with E-state index in [0.29, 0.717) is 10.8 Å². The van der Waals surface area contributed by atoms with E-state index in [0.717, 1.165) is 14.6 Å². The van der Waals surface area contributed by atoms with Gasteiger partial charge in [-0.3, -0.25) is 0 Å². The molecule has 1 aromatic carbocycles. The summed E-state index contributed by atoms with van der Waals surface area (Å²) in [5.41, 5.74) is 0.936. The molecule has 0 aliphatic carbocycles. The van der Waals surface area contributed by atoms with Crippen molar-refractivity contribution in [1.29, 1.82) is 0 Å². The number of hydrogen-bond acceptors (Lipinski definition) is 2. The van der Waals surface area contributed by atoms with Gasteiger partial charge in [0.1, 0.15) is 5.82 Å². The summed E-state index contributed by atoms with van der Waals surface area (Å²) in [6, 6.07) is 9.61. The topological polar surface area (TPSA) is 24.9 Å². The first-order chi connectivity index (χ1) is 7.65. The van der Waals surface area contributed by atoms with Crippen LogP contribution in [0.2, 0.25) is 5.02 Å². The molecule has 0 fully saturated rings. The van der Waals surface area contributed by atoms with Gasteiger partial charge in [-0.15, -0.1) is 0 Å². The molecular weight excluding hydrogens is 355 g/mol. The van der Waals surface area contributed by atoms with Gasteiger partial charge in [0.05, 0.1) is 5.02 Å². The second kappa shape index (κ2) is 5.17. The third kappa shape index (κ3) is 2.97. The first-order valence-electron chi connectivity index (χ1n) is 4.49. The molecule has 82 valence electrons. The highest BCUT2D eigenvalue weighted by molar-refractivity contribution is 9.10. The Kier molecular flexibility index (Phi) is 3.84. The van der Waals surface area contributed by atoms with E-state index in [9.17, 15) is 0 Å². The highest BCUT2D eigenvalue weighted by Crippen LogP contribution is 2.26. The van der Waals surface area contributed by atoms with Crippen LogP contribution in [0, 0.1) is 0 Å². The summed E-state index contributed by atoms with van der Waals surface area (Å²) < 4.78 is 1.86. The predicted molar refractivity (Wildman–Crippen MR) is 74.4 cm³/mol. The normalized spacial score (nSPS) is 10.2. The Hall–Kier alpha value is -0.580. The average molecular weight is 362 g/mol. The van der Waals surface area contributed by atoms with E-state index in [4.69, 9.17) is 11.6 Å². The predicted octanol–water partition coefficient (Wildman–Crippen LogP) is 5.00. The van der Waals surface area contributed by atoms with Gasteiger partial charge < -0.3 is 5.32 Å². The van der Waals surface area contributed by atoms with Gasteiger partial charge in [-0.1, -0.05) is 33.6 Å². The Morgan fingerprint density at radius 2 is 1.94 bits per heavy atom. The lowest BCUT2D eigenvalue weighted by Gasteiger charge is -2.07. The Bertz CT molecular complexity index is 517. The third-order valence-electron chi connectivity index (χ3n) is 1.90. The maximum absolute atomic E-state index is 6.05. The fourth-order valence-electron chi connectivity index (χ4n) is 1.21. The van der Waals surface area contributed by atoms with Crippen LogP contribution in [0.4, 0.5) is 11.5 Å². The Balaban J connectivity index is 2.27. The molecule has 0 radical (unpaired) electrons. The van der Waals surface area contributed by atoms with Gasteiger partial charge in [0.25, 0.3) is 0 Å². The number of nitrogens with zero attached hydrogens (tertiary/aromatic N) is 1. The average Bonchev–Trinajstić information content (AvgIpc) is 2.22. The van der Waals surface area contributed by atoms with Crippen LogP contribution in [-0.2, 0) is 0 Å². The number of nitrogens with one attached hydrogen (secondary N) is 1. The van der Waals surface area contributed by atoms with Crippen molar-refractivity contribution in [3.05, 3.63) is 50.5 Å². The molecule has 0 saturated heterocycles. The Morgan fingerprint density at radius 3 is 2.62 bits per heavy atom. The fraction of sp³-hybridized carbons (Fsp3) is 0. The molecule has 0 aliphatic rings. The van der Waals surface area contributed by atoms with E-state index < -0.39 is 0 Å². The molecule has 0 unspecified atom stereocenters. The molecule has 5 heteroatoms. The maximum atomic E-state index is 6.05. The minimum Gasteiger partial charge on any atom is -0.339 e. The summed E-state index contributed by atoms with van der Waals surface area (Å²) in [7, 11) is 0. The molecule has 0 amide bonds. The number of benzene rings is 1. The SMILES string of the molecule is Clc1cc(Br)cnc1Nc1cccc(Br)c1. The van der Waals surface area contributed by atoms with E-state index >= 15 is 0 Å². The lowest BCUT2D eigenvalue weighted by Crippen LogP contribution is -1.94. The van der Waals surface area contributed by atoms with Crippen LogP contribution in [0.1, 0.15) is 0 Å². The molecule has 0 bridgehead atoms. The standard InChI is InChI=1S/C11H7Br2ClN2/c12-7-2-1-3-9(4-7)16-11-10(14)5-8(13)6-15-11/h1-6H,(H,15,16). The molecule has 2 aromatic rings. The van der Waals surface area contributed by atoms with Crippen molar-refractivity contribution in [2.75, 3.05) is 5.32 Å². The molecule has 0 aliphatic heterocycles. The molecule has 1 aromatic heterocycles. The smallest absolute Gasteiger partial charge is 0.149 e. The van der Waals surface area contributed by atoms with Gasteiger partial charge in [-0.25, -0.2) is 4.98 Å². The summed E-state index contributed by atoms with van der Waals surface area (Å²) in [5.74, 6) is 0.642. The highest BCUT2D eigenvalue weighted by atomic mass is 79.9. The van der Waals surface area contributed by atoms with Crippen LogP contribution in [0.5, 0.6) is 0 Å². The molecule has 0 spiro atoms. The van der Waals surface area contributed by atoms with Crippen LogP contribution in [-0.4, -0.2) is 4.98 Å². The molecule has 16 heavy (non-hydrogen) atoms. The molecule has 2 nitrogen and oxygen atoms in total. The van der Waals surface area contributed by atoms with Crippen molar-refractivity contribution >= 4 is 55.0 Å². The van der Waals surface area contributed by atoms with Crippen LogP contribution < -0.4 is 5.32 Å². The number of pyridine rings is 1. The van der Waals surface area contributed by atoms with Crippen molar-refractivity contribution in [1.82, 2.24) is 4.98 Å². The second-order valence-corrected chi connectivity index (χ2v) is 5.36. The number of halogens is 3. The van der Waals surface area contributed by atoms with Gasteiger partial charge in [-0.05, 0) is 40.2 Å². The third-order valence-corrected chi connectivity index (χ3v) is 3.11. The van der Waals surface area contributed by atoms with E-state index in [2.05, 4.69) is 42.2 Å². The van der Waals surface area contributed by atoms with Crippen molar-refractivity contribution in [3.8, 4) is 0 Å².